The van der Waals surface area contributed by atoms with Gasteiger partial charge in [-0.3, -0.25) is 0 Å². The van der Waals surface area contributed by atoms with Crippen LogP contribution < -0.4 is 10.3 Å². The summed E-state index contributed by atoms with van der Waals surface area (Å²) in [5.74, 6) is 1.11. The average molecular weight is 454 g/mol. The first-order chi connectivity index (χ1) is 16.2. The lowest BCUT2D eigenvalue weighted by Gasteiger charge is -2.32. The van der Waals surface area contributed by atoms with Gasteiger partial charge >= 0.3 is 0 Å². The van der Waals surface area contributed by atoms with Crippen LogP contribution in [0.25, 0.3) is 0 Å². The summed E-state index contributed by atoms with van der Waals surface area (Å²) in [6, 6.07) is 6.86. The Bertz CT molecular complexity index is 720. The van der Waals surface area contributed by atoms with Gasteiger partial charge in [-0.2, -0.15) is 0 Å². The fourth-order valence-electron chi connectivity index (χ4n) is 6.06. The van der Waals surface area contributed by atoms with Crippen LogP contribution in [-0.4, -0.2) is 0 Å². The molecule has 0 radical (unpaired) electrons. The Labute approximate surface area is 204 Å². The molecule has 0 saturated heterocycles. The minimum absolute atomic E-state index is 0.177. The van der Waals surface area contributed by atoms with Crippen LogP contribution in [0.5, 0.6) is 5.75 Å². The maximum absolute atomic E-state index is 6.24. The normalized spacial score (nSPS) is 26.5. The zero-order valence-electron chi connectivity index (χ0n) is 22.0. The van der Waals surface area contributed by atoms with E-state index in [2.05, 4.69) is 56.6 Å². The number of benzene rings is 1. The molecular formula is C31H51NO. The van der Waals surface area contributed by atoms with Crippen molar-refractivity contribution in [3.05, 3.63) is 41.5 Å². The van der Waals surface area contributed by atoms with Gasteiger partial charge in [0, 0.05) is 5.56 Å². The molecule has 0 spiro atoms. The molecule has 1 N–H and O–H groups in total. The molecule has 2 heteroatoms. The lowest BCUT2D eigenvalue weighted by molar-refractivity contribution is 0.150. The second-order valence-corrected chi connectivity index (χ2v) is 10.9. The predicted octanol–water partition coefficient (Wildman–Crippen LogP) is 9.57. The van der Waals surface area contributed by atoms with E-state index >= 15 is 0 Å². The third kappa shape index (κ3) is 7.10. The molecule has 1 aromatic carbocycles. The Morgan fingerprint density at radius 1 is 0.758 bits per heavy atom. The van der Waals surface area contributed by atoms with Crippen LogP contribution in [0.15, 0.2) is 30.4 Å². The van der Waals surface area contributed by atoms with E-state index in [0.29, 0.717) is 5.41 Å². The highest BCUT2D eigenvalue weighted by Gasteiger charge is 2.39. The third-order valence-corrected chi connectivity index (χ3v) is 8.77. The Morgan fingerprint density at radius 2 is 1.36 bits per heavy atom. The molecule has 1 atom stereocenters. The van der Waals surface area contributed by atoms with Crippen LogP contribution in [0.2, 0.25) is 0 Å². The lowest BCUT2D eigenvalue weighted by Crippen LogP contribution is -2.36. The van der Waals surface area contributed by atoms with Crippen molar-refractivity contribution >= 4 is 0 Å². The Hall–Kier alpha value is -1.28. The number of hydroxylamine groups is 1. The van der Waals surface area contributed by atoms with Crippen molar-refractivity contribution in [1.29, 1.82) is 0 Å². The van der Waals surface area contributed by atoms with Crippen molar-refractivity contribution in [2.24, 2.45) is 5.41 Å². The molecule has 0 fully saturated rings. The maximum Gasteiger partial charge on any atom is 0.155 e. The maximum atomic E-state index is 6.24. The fourth-order valence-corrected chi connectivity index (χ4v) is 6.06. The van der Waals surface area contributed by atoms with Gasteiger partial charge in [-0.05, 0) is 43.1 Å². The molecule has 1 unspecified atom stereocenters. The molecule has 4 bridgehead atoms. The number of para-hydroxylation sites is 1. The van der Waals surface area contributed by atoms with E-state index < -0.39 is 0 Å². The summed E-state index contributed by atoms with van der Waals surface area (Å²) in [5, 5.41) is 0. The first-order valence-electron chi connectivity index (χ1n) is 14.4. The Balaban J connectivity index is 1.78. The minimum Gasteiger partial charge on any atom is -0.407 e. The van der Waals surface area contributed by atoms with E-state index in [1.54, 1.807) is 0 Å². The van der Waals surface area contributed by atoms with Gasteiger partial charge in [0.2, 0.25) is 0 Å². The van der Waals surface area contributed by atoms with Crippen LogP contribution in [0.3, 0.4) is 0 Å². The minimum atomic E-state index is -0.177. The topological polar surface area (TPSA) is 21.3 Å². The Morgan fingerprint density at radius 3 is 1.97 bits per heavy atom. The van der Waals surface area contributed by atoms with Crippen molar-refractivity contribution in [3.8, 4) is 5.75 Å². The van der Waals surface area contributed by atoms with Crippen LogP contribution >= 0.6 is 0 Å². The highest BCUT2D eigenvalue weighted by molar-refractivity contribution is 5.50. The number of rotatable bonds is 3. The van der Waals surface area contributed by atoms with Crippen LogP contribution in [0.4, 0.5) is 0 Å². The molecule has 1 heterocycles. The van der Waals surface area contributed by atoms with E-state index in [-0.39, 0.29) is 5.54 Å². The highest BCUT2D eigenvalue weighted by atomic mass is 16.7. The monoisotopic (exact) mass is 453 g/mol. The summed E-state index contributed by atoms with van der Waals surface area (Å²) < 4.78 is 0. The molecule has 3 rings (SSSR count). The van der Waals surface area contributed by atoms with Crippen molar-refractivity contribution in [3.63, 3.8) is 0 Å². The van der Waals surface area contributed by atoms with Gasteiger partial charge in [0.1, 0.15) is 5.54 Å². The zero-order valence-corrected chi connectivity index (χ0v) is 22.0. The summed E-state index contributed by atoms with van der Waals surface area (Å²) in [6.45, 7) is 7.07. The molecule has 186 valence electrons. The smallest absolute Gasteiger partial charge is 0.155 e. The van der Waals surface area contributed by atoms with E-state index in [1.807, 2.05) is 0 Å². The van der Waals surface area contributed by atoms with Crippen molar-refractivity contribution in [2.45, 2.75) is 142 Å². The number of hydrogen-bond donors (Lipinski definition) is 1. The summed E-state index contributed by atoms with van der Waals surface area (Å²) in [4.78, 5) is 6.24. The van der Waals surface area contributed by atoms with E-state index in [1.165, 1.54) is 114 Å². The van der Waals surface area contributed by atoms with Gasteiger partial charge in [0.15, 0.2) is 5.75 Å². The largest absolute Gasteiger partial charge is 0.407 e. The first kappa shape index (κ1) is 26.3. The van der Waals surface area contributed by atoms with Crippen LogP contribution in [-0.2, 0) is 12.0 Å². The quantitative estimate of drug-likeness (QED) is 0.460. The van der Waals surface area contributed by atoms with Gasteiger partial charge in [-0.1, -0.05) is 135 Å². The van der Waals surface area contributed by atoms with Crippen molar-refractivity contribution in [1.82, 2.24) is 5.48 Å². The molecule has 33 heavy (non-hydrogen) atoms. The first-order valence-corrected chi connectivity index (χ1v) is 14.4. The van der Waals surface area contributed by atoms with Gasteiger partial charge in [0.05, 0.1) is 0 Å². The van der Waals surface area contributed by atoms with Crippen molar-refractivity contribution in [2.75, 3.05) is 0 Å². The van der Waals surface area contributed by atoms with Gasteiger partial charge < -0.3 is 4.84 Å². The Kier molecular flexibility index (Phi) is 10.8. The molecule has 2 nitrogen and oxygen atoms in total. The van der Waals surface area contributed by atoms with Gasteiger partial charge in [-0.25, -0.2) is 0 Å². The van der Waals surface area contributed by atoms with E-state index in [0.717, 1.165) is 18.6 Å². The molecule has 1 aliphatic carbocycles. The van der Waals surface area contributed by atoms with Crippen LogP contribution in [0, 0.1) is 5.41 Å². The second-order valence-electron chi connectivity index (χ2n) is 10.9. The molecule has 0 amide bonds. The number of allylic oxidation sites excluding steroid dienone is 1. The van der Waals surface area contributed by atoms with Gasteiger partial charge in [-0.15, -0.1) is 5.48 Å². The number of nitrogens with one attached hydrogen (secondary N) is 1. The average Bonchev–Trinajstić information content (AvgIpc) is 3.22. The van der Waals surface area contributed by atoms with E-state index in [4.69, 9.17) is 4.84 Å². The zero-order chi connectivity index (χ0) is 23.4. The van der Waals surface area contributed by atoms with Gasteiger partial charge in [0.25, 0.3) is 0 Å². The standard InChI is InChI=1S/C31H51NO/c1-4-30(5-2)24-19-17-15-13-11-9-7-8-10-12-14-16-18-20-25-31(6-3)28-23-21-22-27(26-30)29(28)33-32-31/h20-23,25,32H,4-19,24,26H2,1-3H3/b25-20-. The summed E-state index contributed by atoms with van der Waals surface area (Å²) in [5.41, 5.74) is 6.39. The molecule has 0 aromatic heterocycles. The molecular weight excluding hydrogens is 402 g/mol. The third-order valence-electron chi connectivity index (χ3n) is 8.77. The molecule has 1 aliphatic heterocycles. The van der Waals surface area contributed by atoms with Crippen LogP contribution in [0.1, 0.15) is 141 Å². The lowest BCUT2D eigenvalue weighted by atomic mass is 9.72. The summed E-state index contributed by atoms with van der Waals surface area (Å²) >= 11 is 0. The molecule has 1 aromatic rings. The highest BCUT2D eigenvalue weighted by Crippen LogP contribution is 2.45. The SMILES string of the molecule is CCC1(CC)CCCCCCCCCCCCCC/C=C\C2(CC)NOc3c(cccc32)C1. The fraction of sp³-hybridized carbons (Fsp3) is 0.742. The second kappa shape index (κ2) is 13.6. The number of hydrogen-bond acceptors (Lipinski definition) is 2. The van der Waals surface area contributed by atoms with Crippen molar-refractivity contribution < 1.29 is 4.84 Å². The molecule has 0 saturated carbocycles. The summed E-state index contributed by atoms with van der Waals surface area (Å²) in [7, 11) is 0. The molecule has 2 aliphatic rings. The van der Waals surface area contributed by atoms with E-state index in [9.17, 15) is 0 Å². The summed E-state index contributed by atoms with van der Waals surface area (Å²) in [6.07, 6.45) is 28.8. The predicted molar refractivity (Wildman–Crippen MR) is 143 cm³/mol.